The largest absolute Gasteiger partial charge is 0.487 e. The van der Waals surface area contributed by atoms with Gasteiger partial charge in [0.15, 0.2) is 17.2 Å². The monoisotopic (exact) mass is 441 g/mol. The summed E-state index contributed by atoms with van der Waals surface area (Å²) in [4.78, 5) is -0.0794. The highest BCUT2D eigenvalue weighted by atomic mass is 35.5. The summed E-state index contributed by atoms with van der Waals surface area (Å²) in [7, 11) is -3.82. The number of benzene rings is 2. The summed E-state index contributed by atoms with van der Waals surface area (Å²) in [5.41, 5.74) is -0.0262. The van der Waals surface area contributed by atoms with Crippen LogP contribution in [0.15, 0.2) is 52.0 Å². The first-order valence-corrected chi connectivity index (χ1v) is 9.69. The number of primary sulfonamides is 1. The number of hydrogen-bond donors (Lipinski definition) is 3. The van der Waals surface area contributed by atoms with E-state index in [2.05, 4.69) is 14.9 Å². The van der Waals surface area contributed by atoms with E-state index in [1.807, 2.05) is 0 Å². The van der Waals surface area contributed by atoms with Crippen LogP contribution in [0.5, 0.6) is 5.75 Å². The molecule has 0 unspecified atom stereocenters. The lowest BCUT2D eigenvalue weighted by molar-refractivity contribution is 0.270. The quantitative estimate of drug-likeness (QED) is 0.299. The van der Waals surface area contributed by atoms with Crippen molar-refractivity contribution in [1.29, 1.82) is 5.41 Å². The van der Waals surface area contributed by atoms with Crippen molar-refractivity contribution in [3.8, 4) is 5.75 Å². The Labute approximate surface area is 168 Å². The predicted octanol–water partition coefficient (Wildman–Crippen LogP) is 2.31. The highest BCUT2D eigenvalue weighted by Crippen LogP contribution is 2.23. The lowest BCUT2D eigenvalue weighted by atomic mass is 10.2. The lowest BCUT2D eigenvalue weighted by Crippen LogP contribution is -2.28. The molecule has 1 heterocycles. The minimum absolute atomic E-state index is 0.0230. The molecule has 29 heavy (non-hydrogen) atoms. The van der Waals surface area contributed by atoms with Gasteiger partial charge in [0, 0.05) is 0 Å². The minimum atomic E-state index is -3.82. The van der Waals surface area contributed by atoms with Crippen molar-refractivity contribution < 1.29 is 27.4 Å². The van der Waals surface area contributed by atoms with Gasteiger partial charge >= 0.3 is 0 Å². The Morgan fingerprint density at radius 2 is 1.97 bits per heavy atom. The number of aromatic nitrogens is 2. The Morgan fingerprint density at radius 3 is 2.59 bits per heavy atom. The average Bonchev–Trinajstić information content (AvgIpc) is 3.15. The topological polar surface area (TPSA) is 156 Å². The molecule has 0 amide bonds. The normalized spacial score (nSPS) is 11.3. The second-order valence-corrected chi connectivity index (χ2v) is 7.59. The molecule has 3 rings (SSSR count). The molecule has 0 aliphatic carbocycles. The van der Waals surface area contributed by atoms with E-state index < -0.39 is 21.7 Å². The number of nitrogens with two attached hydrogens (primary N) is 1. The van der Waals surface area contributed by atoms with Crippen LogP contribution in [0.1, 0.15) is 11.4 Å². The van der Waals surface area contributed by atoms with Crippen LogP contribution < -0.4 is 14.9 Å². The molecule has 0 aliphatic heterocycles. The molecule has 0 spiro atoms. The van der Waals surface area contributed by atoms with Crippen molar-refractivity contribution in [2.45, 2.75) is 11.5 Å². The molecule has 0 radical (unpaired) electrons. The van der Waals surface area contributed by atoms with E-state index >= 15 is 0 Å². The summed E-state index contributed by atoms with van der Waals surface area (Å²) >= 11 is 5.68. The molecule has 13 heteroatoms. The first kappa shape index (κ1) is 20.7. The molecule has 0 aliphatic rings. The van der Waals surface area contributed by atoms with Crippen LogP contribution in [0, 0.1) is 11.2 Å². The molecule has 0 fully saturated rings. The number of amidine groups is 1. The molecule has 0 atom stereocenters. The van der Waals surface area contributed by atoms with Gasteiger partial charge in [0.1, 0.15) is 18.2 Å². The maximum atomic E-state index is 13.3. The summed E-state index contributed by atoms with van der Waals surface area (Å²) in [5.74, 6) is -0.901. The van der Waals surface area contributed by atoms with Crippen molar-refractivity contribution in [1.82, 2.24) is 10.3 Å². The van der Waals surface area contributed by atoms with Gasteiger partial charge in [-0.3, -0.25) is 10.6 Å². The molecule has 0 saturated heterocycles. The number of hydroxylamine groups is 1. The van der Waals surface area contributed by atoms with Gasteiger partial charge < -0.3 is 4.74 Å². The number of ether oxygens (including phenoxy) is 1. The number of sulfonamides is 1. The number of anilines is 1. The van der Waals surface area contributed by atoms with E-state index in [1.54, 1.807) is 0 Å². The van der Waals surface area contributed by atoms with Crippen LogP contribution in [-0.4, -0.2) is 29.8 Å². The Bertz CT molecular complexity index is 1150. The molecule has 2 aromatic carbocycles. The number of rotatable bonds is 6. The molecule has 0 saturated carbocycles. The molecule has 4 N–H and O–H groups in total. The van der Waals surface area contributed by atoms with Crippen molar-refractivity contribution in [3.63, 3.8) is 0 Å². The van der Waals surface area contributed by atoms with Gasteiger partial charge in [-0.15, -0.1) is 0 Å². The van der Waals surface area contributed by atoms with Gasteiger partial charge in [-0.2, -0.15) is 0 Å². The van der Waals surface area contributed by atoms with Gasteiger partial charge in [-0.25, -0.2) is 27.6 Å². The van der Waals surface area contributed by atoms with Crippen LogP contribution in [0.2, 0.25) is 5.02 Å². The van der Waals surface area contributed by atoms with E-state index in [9.17, 15) is 18.0 Å². The van der Waals surface area contributed by atoms with Crippen LogP contribution >= 0.6 is 11.6 Å². The third kappa shape index (κ3) is 4.68. The maximum absolute atomic E-state index is 13.3. The van der Waals surface area contributed by atoms with Gasteiger partial charge in [-0.1, -0.05) is 16.8 Å². The standard InChI is InChI=1S/C16H13ClFN5O5S/c17-12-7-9(1-6-13(12)18)23(24)16(19)15-14(21-28-22-15)8-27-10-2-4-11(5-3-10)29(20,25)26/h1-7,19,24H,8H2,(H2,20,25,26). The third-order valence-electron chi connectivity index (χ3n) is 3.67. The molecular weight excluding hydrogens is 429 g/mol. The summed E-state index contributed by atoms with van der Waals surface area (Å²) in [6, 6.07) is 8.68. The van der Waals surface area contributed by atoms with Crippen molar-refractivity contribution in [3.05, 3.63) is 64.7 Å². The van der Waals surface area contributed by atoms with Crippen molar-refractivity contribution in [2.24, 2.45) is 5.14 Å². The van der Waals surface area contributed by atoms with Gasteiger partial charge in [0.2, 0.25) is 10.0 Å². The third-order valence-corrected chi connectivity index (χ3v) is 4.89. The lowest BCUT2D eigenvalue weighted by Gasteiger charge is -2.16. The van der Waals surface area contributed by atoms with E-state index in [4.69, 9.17) is 26.9 Å². The smallest absolute Gasteiger partial charge is 0.238 e. The molecule has 0 bridgehead atoms. The Kier molecular flexibility index (Phi) is 5.79. The molecule has 10 nitrogen and oxygen atoms in total. The number of halogens is 2. The van der Waals surface area contributed by atoms with E-state index in [1.165, 1.54) is 30.3 Å². The van der Waals surface area contributed by atoms with Crippen LogP contribution in [-0.2, 0) is 16.6 Å². The van der Waals surface area contributed by atoms with Crippen molar-refractivity contribution in [2.75, 3.05) is 5.06 Å². The SMILES string of the molecule is N=C(c1nonc1COc1ccc(S(N)(=O)=O)cc1)N(O)c1ccc(F)c(Cl)c1. The zero-order valence-electron chi connectivity index (χ0n) is 14.4. The van der Waals surface area contributed by atoms with Crippen LogP contribution in [0.3, 0.4) is 0 Å². The Balaban J connectivity index is 1.73. The zero-order chi connectivity index (χ0) is 21.2. The van der Waals surface area contributed by atoms with Gasteiger partial charge in [0.05, 0.1) is 15.6 Å². The molecule has 3 aromatic rings. The molecule has 1 aromatic heterocycles. The van der Waals surface area contributed by atoms with Crippen LogP contribution in [0.25, 0.3) is 0 Å². The first-order valence-electron chi connectivity index (χ1n) is 7.77. The fourth-order valence-electron chi connectivity index (χ4n) is 2.20. The molecular formula is C16H13ClFN5O5S. The first-order chi connectivity index (χ1) is 13.7. The summed E-state index contributed by atoms with van der Waals surface area (Å²) in [5, 5.41) is 30.7. The van der Waals surface area contributed by atoms with Crippen molar-refractivity contribution >= 4 is 33.1 Å². The second-order valence-electron chi connectivity index (χ2n) is 5.62. The second kappa shape index (κ2) is 8.13. The fourth-order valence-corrected chi connectivity index (χ4v) is 2.89. The predicted molar refractivity (Wildman–Crippen MR) is 98.9 cm³/mol. The summed E-state index contributed by atoms with van der Waals surface area (Å²) in [6.07, 6.45) is 0. The highest BCUT2D eigenvalue weighted by Gasteiger charge is 2.22. The number of nitrogens with one attached hydrogen (secondary N) is 1. The number of nitrogens with zero attached hydrogens (tertiary/aromatic N) is 3. The van der Waals surface area contributed by atoms with Crippen LogP contribution in [0.4, 0.5) is 10.1 Å². The van der Waals surface area contributed by atoms with Gasteiger partial charge in [0.25, 0.3) is 0 Å². The molecule has 152 valence electrons. The summed E-state index contributed by atoms with van der Waals surface area (Å²) < 4.78 is 45.9. The zero-order valence-corrected chi connectivity index (χ0v) is 16.0. The Hall–Kier alpha value is -3.06. The van der Waals surface area contributed by atoms with E-state index in [-0.39, 0.29) is 33.6 Å². The average molecular weight is 442 g/mol. The highest BCUT2D eigenvalue weighted by molar-refractivity contribution is 7.89. The van der Waals surface area contributed by atoms with E-state index in [0.717, 1.165) is 12.1 Å². The van der Waals surface area contributed by atoms with E-state index in [0.29, 0.717) is 10.8 Å². The minimum Gasteiger partial charge on any atom is -0.487 e. The fraction of sp³-hybridized carbons (Fsp3) is 0.0625. The Morgan fingerprint density at radius 1 is 1.28 bits per heavy atom. The maximum Gasteiger partial charge on any atom is 0.238 e. The summed E-state index contributed by atoms with van der Waals surface area (Å²) in [6.45, 7) is -0.200. The number of hydrogen-bond acceptors (Lipinski definition) is 8. The van der Waals surface area contributed by atoms with Gasteiger partial charge in [-0.05, 0) is 47.6 Å².